The first-order valence-corrected chi connectivity index (χ1v) is 6.58. The Hall–Kier alpha value is -1.78. The second kappa shape index (κ2) is 4.48. The zero-order valence-corrected chi connectivity index (χ0v) is 10.7. The van der Waals surface area contributed by atoms with E-state index in [1.165, 1.54) is 22.3 Å². The molecule has 0 amide bonds. The molecule has 0 aliphatic heterocycles. The summed E-state index contributed by atoms with van der Waals surface area (Å²) < 4.78 is 0. The van der Waals surface area contributed by atoms with Crippen molar-refractivity contribution in [3.05, 3.63) is 47.0 Å². The minimum absolute atomic E-state index is 0.0247. The average molecular weight is 256 g/mol. The molecule has 1 N–H and O–H groups in total. The highest BCUT2D eigenvalue weighted by molar-refractivity contribution is 7.13. The van der Waals surface area contributed by atoms with E-state index >= 15 is 0 Å². The lowest BCUT2D eigenvalue weighted by Gasteiger charge is -2.04. The summed E-state index contributed by atoms with van der Waals surface area (Å²) in [5.41, 5.74) is 3.74. The summed E-state index contributed by atoms with van der Waals surface area (Å²) in [6.45, 7) is 2.05. The monoisotopic (exact) mass is 256 g/mol. The number of aliphatic hydroxyl groups is 1. The lowest BCUT2D eigenvalue weighted by molar-refractivity contribution is 0.278. The van der Waals surface area contributed by atoms with Gasteiger partial charge in [0, 0.05) is 10.8 Å². The molecule has 2 heterocycles. The largest absolute Gasteiger partial charge is 0.390 e. The number of thiazole rings is 1. The average Bonchev–Trinajstić information content (AvgIpc) is 2.87. The maximum absolute atomic E-state index is 9.05. The van der Waals surface area contributed by atoms with Crippen LogP contribution in [0.1, 0.15) is 11.3 Å². The van der Waals surface area contributed by atoms with E-state index in [0.717, 1.165) is 16.2 Å². The molecule has 0 unspecified atom stereocenters. The van der Waals surface area contributed by atoms with Gasteiger partial charge in [0.15, 0.2) is 0 Å². The van der Waals surface area contributed by atoms with Crippen LogP contribution in [0, 0.1) is 6.92 Å². The van der Waals surface area contributed by atoms with Gasteiger partial charge in [0.25, 0.3) is 0 Å². The summed E-state index contributed by atoms with van der Waals surface area (Å²) in [5.74, 6) is 0. The summed E-state index contributed by atoms with van der Waals surface area (Å²) in [6.07, 6.45) is 0. The molecule has 3 rings (SSSR count). The second-order valence-electron chi connectivity index (χ2n) is 4.14. The van der Waals surface area contributed by atoms with Crippen LogP contribution in [0.2, 0.25) is 0 Å². The van der Waals surface area contributed by atoms with Crippen LogP contribution in [-0.2, 0) is 6.61 Å². The first-order chi connectivity index (χ1) is 8.78. The van der Waals surface area contributed by atoms with Crippen LogP contribution in [0.15, 0.2) is 35.7 Å². The molecule has 3 aromatic rings. The molecular weight excluding hydrogens is 244 g/mol. The zero-order chi connectivity index (χ0) is 12.5. The van der Waals surface area contributed by atoms with Gasteiger partial charge in [-0.2, -0.15) is 0 Å². The normalized spacial score (nSPS) is 11.0. The van der Waals surface area contributed by atoms with E-state index in [1.807, 2.05) is 29.6 Å². The van der Waals surface area contributed by atoms with Crippen molar-refractivity contribution in [1.29, 1.82) is 0 Å². The standard InChI is InChI=1S/C14H12N2OS/c1-9-6-13(14-15-10(7-17)8-18-14)16-12-5-3-2-4-11(9)12/h2-6,8,17H,7H2,1H3. The second-order valence-corrected chi connectivity index (χ2v) is 5.00. The lowest BCUT2D eigenvalue weighted by atomic mass is 10.1. The lowest BCUT2D eigenvalue weighted by Crippen LogP contribution is -1.89. The van der Waals surface area contributed by atoms with E-state index in [9.17, 15) is 0 Å². The van der Waals surface area contributed by atoms with Gasteiger partial charge in [0.1, 0.15) is 5.01 Å². The third kappa shape index (κ3) is 1.89. The number of nitrogens with zero attached hydrogens (tertiary/aromatic N) is 2. The Morgan fingerprint density at radius 2 is 2.06 bits per heavy atom. The van der Waals surface area contributed by atoms with Gasteiger partial charge in [-0.1, -0.05) is 18.2 Å². The minimum Gasteiger partial charge on any atom is -0.390 e. The van der Waals surface area contributed by atoms with Crippen molar-refractivity contribution in [3.8, 4) is 10.7 Å². The molecule has 90 valence electrons. The molecule has 0 saturated carbocycles. The van der Waals surface area contributed by atoms with Gasteiger partial charge in [-0.15, -0.1) is 11.3 Å². The van der Waals surface area contributed by atoms with Crippen LogP contribution >= 0.6 is 11.3 Å². The molecule has 0 radical (unpaired) electrons. The van der Waals surface area contributed by atoms with Crippen LogP contribution in [0.4, 0.5) is 0 Å². The van der Waals surface area contributed by atoms with Gasteiger partial charge in [0.2, 0.25) is 0 Å². The molecule has 0 spiro atoms. The van der Waals surface area contributed by atoms with Crippen molar-refractivity contribution < 1.29 is 5.11 Å². The Morgan fingerprint density at radius 3 is 2.83 bits per heavy atom. The van der Waals surface area contributed by atoms with Gasteiger partial charge in [-0.3, -0.25) is 0 Å². The number of fused-ring (bicyclic) bond motifs is 1. The SMILES string of the molecule is Cc1cc(-c2nc(CO)cs2)nc2ccccc12. The number of aromatic nitrogens is 2. The van der Waals surface area contributed by atoms with Crippen molar-refractivity contribution in [2.75, 3.05) is 0 Å². The topological polar surface area (TPSA) is 46.0 Å². The smallest absolute Gasteiger partial charge is 0.142 e. The van der Waals surface area contributed by atoms with Crippen molar-refractivity contribution in [3.63, 3.8) is 0 Å². The third-order valence-corrected chi connectivity index (χ3v) is 3.77. The number of para-hydroxylation sites is 1. The van der Waals surface area contributed by atoms with Crippen LogP contribution in [0.25, 0.3) is 21.6 Å². The molecule has 3 nitrogen and oxygen atoms in total. The Bertz CT molecular complexity index is 706. The summed E-state index contributed by atoms with van der Waals surface area (Å²) in [6, 6.07) is 10.1. The van der Waals surface area contributed by atoms with Crippen LogP contribution < -0.4 is 0 Å². The highest BCUT2D eigenvalue weighted by Crippen LogP contribution is 2.26. The minimum atomic E-state index is -0.0247. The Morgan fingerprint density at radius 1 is 1.22 bits per heavy atom. The molecule has 1 aromatic carbocycles. The molecule has 0 aliphatic rings. The van der Waals surface area contributed by atoms with Crippen molar-refractivity contribution in [2.45, 2.75) is 13.5 Å². The van der Waals surface area contributed by atoms with Crippen LogP contribution in [0.3, 0.4) is 0 Å². The molecule has 0 fully saturated rings. The number of rotatable bonds is 2. The van der Waals surface area contributed by atoms with Gasteiger partial charge in [-0.05, 0) is 24.6 Å². The predicted octanol–water partition coefficient (Wildman–Crippen LogP) is 3.16. The molecule has 0 atom stereocenters. The quantitative estimate of drug-likeness (QED) is 0.766. The first kappa shape index (κ1) is 11.3. The number of hydrogen-bond acceptors (Lipinski definition) is 4. The van der Waals surface area contributed by atoms with Gasteiger partial charge in [0.05, 0.1) is 23.5 Å². The maximum Gasteiger partial charge on any atom is 0.142 e. The summed E-state index contributed by atoms with van der Waals surface area (Å²) >= 11 is 1.51. The number of benzene rings is 1. The van der Waals surface area contributed by atoms with Crippen molar-refractivity contribution >= 4 is 22.2 Å². The molecule has 0 bridgehead atoms. The first-order valence-electron chi connectivity index (χ1n) is 5.70. The van der Waals surface area contributed by atoms with Crippen molar-refractivity contribution in [1.82, 2.24) is 9.97 Å². The maximum atomic E-state index is 9.05. The molecule has 4 heteroatoms. The Labute approximate surface area is 109 Å². The fourth-order valence-corrected chi connectivity index (χ4v) is 2.73. The molecule has 2 aromatic heterocycles. The summed E-state index contributed by atoms with van der Waals surface area (Å²) in [4.78, 5) is 8.97. The summed E-state index contributed by atoms with van der Waals surface area (Å²) in [5, 5.41) is 12.9. The number of hydrogen-bond donors (Lipinski definition) is 1. The Balaban J connectivity index is 2.18. The van der Waals surface area contributed by atoms with E-state index in [2.05, 4.69) is 23.0 Å². The van der Waals surface area contributed by atoms with E-state index in [1.54, 1.807) is 0 Å². The fourth-order valence-electron chi connectivity index (χ4n) is 1.96. The molecular formula is C14H12N2OS. The van der Waals surface area contributed by atoms with Crippen molar-refractivity contribution in [2.24, 2.45) is 0 Å². The summed E-state index contributed by atoms with van der Waals surface area (Å²) in [7, 11) is 0. The van der Waals surface area contributed by atoms with Crippen LogP contribution in [-0.4, -0.2) is 15.1 Å². The van der Waals surface area contributed by atoms with E-state index in [4.69, 9.17) is 5.11 Å². The Kier molecular flexibility index (Phi) is 2.81. The van der Waals surface area contributed by atoms with Crippen LogP contribution in [0.5, 0.6) is 0 Å². The number of aryl methyl sites for hydroxylation is 1. The van der Waals surface area contributed by atoms with E-state index in [0.29, 0.717) is 5.69 Å². The predicted molar refractivity (Wildman–Crippen MR) is 73.5 cm³/mol. The van der Waals surface area contributed by atoms with E-state index in [-0.39, 0.29) is 6.61 Å². The fraction of sp³-hybridized carbons (Fsp3) is 0.143. The highest BCUT2D eigenvalue weighted by Gasteiger charge is 2.08. The molecule has 0 aliphatic carbocycles. The van der Waals surface area contributed by atoms with Gasteiger partial charge < -0.3 is 5.11 Å². The molecule has 0 saturated heterocycles. The zero-order valence-electron chi connectivity index (χ0n) is 9.92. The number of pyridine rings is 1. The highest BCUT2D eigenvalue weighted by atomic mass is 32.1. The van der Waals surface area contributed by atoms with Gasteiger partial charge in [-0.25, -0.2) is 9.97 Å². The third-order valence-electron chi connectivity index (χ3n) is 2.86. The molecule has 18 heavy (non-hydrogen) atoms. The van der Waals surface area contributed by atoms with Gasteiger partial charge >= 0.3 is 0 Å². The van der Waals surface area contributed by atoms with E-state index < -0.39 is 0 Å². The number of aliphatic hydroxyl groups excluding tert-OH is 1.